The topological polar surface area (TPSA) is 76.8 Å². The van der Waals surface area contributed by atoms with Gasteiger partial charge in [0, 0.05) is 5.56 Å². The van der Waals surface area contributed by atoms with Gasteiger partial charge in [-0.1, -0.05) is 66.7 Å². The molecule has 4 nitrogen and oxygen atoms in total. The zero-order chi connectivity index (χ0) is 17.6. The molecular formula is C20H17FN4. The Morgan fingerprint density at radius 2 is 1.16 bits per heavy atom. The van der Waals surface area contributed by atoms with E-state index in [4.69, 9.17) is 11.5 Å². The van der Waals surface area contributed by atoms with Gasteiger partial charge in [0.2, 0.25) is 0 Å². The molecule has 0 aromatic heterocycles. The van der Waals surface area contributed by atoms with Crippen molar-refractivity contribution in [3.8, 4) is 11.1 Å². The third-order valence-corrected chi connectivity index (χ3v) is 3.70. The quantitative estimate of drug-likeness (QED) is 0.436. The minimum Gasteiger partial charge on any atom is -0.382 e. The van der Waals surface area contributed by atoms with Crippen molar-refractivity contribution in [1.29, 1.82) is 0 Å². The fraction of sp³-hybridized carbons (Fsp3) is 0. The van der Waals surface area contributed by atoms with Gasteiger partial charge in [0.25, 0.3) is 0 Å². The van der Waals surface area contributed by atoms with Crippen LogP contribution in [-0.4, -0.2) is 11.7 Å². The Bertz CT molecular complexity index is 933. The second-order valence-electron chi connectivity index (χ2n) is 5.36. The van der Waals surface area contributed by atoms with Crippen LogP contribution in [0.15, 0.2) is 89.1 Å². The fourth-order valence-corrected chi connectivity index (χ4v) is 2.46. The van der Waals surface area contributed by atoms with Crippen LogP contribution in [0.1, 0.15) is 11.1 Å². The highest BCUT2D eigenvalue weighted by molar-refractivity contribution is 6.04. The largest absolute Gasteiger partial charge is 0.382 e. The van der Waals surface area contributed by atoms with E-state index in [0.717, 1.165) is 16.7 Å². The summed E-state index contributed by atoms with van der Waals surface area (Å²) in [6, 6.07) is 23.6. The number of amidine groups is 2. The van der Waals surface area contributed by atoms with Crippen molar-refractivity contribution >= 4 is 11.7 Å². The minimum atomic E-state index is -0.456. The maximum absolute atomic E-state index is 13.7. The number of hydrogen-bond acceptors (Lipinski definition) is 2. The van der Waals surface area contributed by atoms with Gasteiger partial charge in [0.05, 0.1) is 5.56 Å². The van der Waals surface area contributed by atoms with Gasteiger partial charge in [-0.05, 0) is 23.3 Å². The van der Waals surface area contributed by atoms with Crippen LogP contribution < -0.4 is 11.5 Å². The zero-order valence-electron chi connectivity index (χ0n) is 13.4. The Morgan fingerprint density at radius 1 is 0.640 bits per heavy atom. The SMILES string of the molecule is N/C(=N\N=C(/N)c1ccccc1-c1ccccc1)c1ccccc1F. The summed E-state index contributed by atoms with van der Waals surface area (Å²) in [7, 11) is 0. The van der Waals surface area contributed by atoms with Crippen LogP contribution in [0.5, 0.6) is 0 Å². The molecule has 25 heavy (non-hydrogen) atoms. The van der Waals surface area contributed by atoms with Crippen LogP contribution in [0.25, 0.3) is 11.1 Å². The monoisotopic (exact) mass is 332 g/mol. The number of halogens is 1. The molecule has 4 N–H and O–H groups in total. The average molecular weight is 332 g/mol. The molecule has 0 bridgehead atoms. The van der Waals surface area contributed by atoms with E-state index in [2.05, 4.69) is 10.2 Å². The maximum atomic E-state index is 13.7. The Balaban J connectivity index is 1.97. The minimum absolute atomic E-state index is 0.0294. The van der Waals surface area contributed by atoms with E-state index < -0.39 is 5.82 Å². The highest BCUT2D eigenvalue weighted by Crippen LogP contribution is 2.23. The van der Waals surface area contributed by atoms with E-state index >= 15 is 0 Å². The van der Waals surface area contributed by atoms with Crippen molar-refractivity contribution in [2.24, 2.45) is 21.7 Å². The van der Waals surface area contributed by atoms with Crippen molar-refractivity contribution in [3.05, 3.63) is 95.8 Å². The molecule has 124 valence electrons. The van der Waals surface area contributed by atoms with Gasteiger partial charge in [-0.3, -0.25) is 0 Å². The summed E-state index contributed by atoms with van der Waals surface area (Å²) in [6.45, 7) is 0. The van der Waals surface area contributed by atoms with Crippen LogP contribution >= 0.6 is 0 Å². The summed E-state index contributed by atoms with van der Waals surface area (Å²) >= 11 is 0. The number of nitrogens with zero attached hydrogens (tertiary/aromatic N) is 2. The molecule has 0 amide bonds. The van der Waals surface area contributed by atoms with Crippen LogP contribution in [0.4, 0.5) is 4.39 Å². The van der Waals surface area contributed by atoms with Crippen LogP contribution in [0.3, 0.4) is 0 Å². The van der Waals surface area contributed by atoms with Crippen LogP contribution in [0, 0.1) is 5.82 Å². The number of nitrogens with two attached hydrogens (primary N) is 2. The predicted molar refractivity (Wildman–Crippen MR) is 99.7 cm³/mol. The van der Waals surface area contributed by atoms with Gasteiger partial charge in [0.1, 0.15) is 5.82 Å². The highest BCUT2D eigenvalue weighted by Gasteiger charge is 2.08. The first kappa shape index (κ1) is 16.4. The molecule has 0 saturated heterocycles. The summed E-state index contributed by atoms with van der Waals surface area (Å²) in [6.07, 6.45) is 0. The molecule has 0 aliphatic carbocycles. The molecule has 3 rings (SSSR count). The summed E-state index contributed by atoms with van der Waals surface area (Å²) in [4.78, 5) is 0. The molecular weight excluding hydrogens is 315 g/mol. The van der Waals surface area contributed by atoms with Gasteiger partial charge < -0.3 is 11.5 Å². The number of benzene rings is 3. The lowest BCUT2D eigenvalue weighted by atomic mass is 9.99. The van der Waals surface area contributed by atoms with E-state index in [1.165, 1.54) is 12.1 Å². The molecule has 5 heteroatoms. The Morgan fingerprint density at radius 3 is 1.84 bits per heavy atom. The maximum Gasteiger partial charge on any atom is 0.156 e. The summed E-state index contributed by atoms with van der Waals surface area (Å²) in [5, 5.41) is 7.87. The summed E-state index contributed by atoms with van der Waals surface area (Å²) in [5.74, 6) is -0.279. The summed E-state index contributed by atoms with van der Waals surface area (Å²) in [5.41, 5.74) is 14.8. The van der Waals surface area contributed by atoms with Gasteiger partial charge >= 0.3 is 0 Å². The Hall–Kier alpha value is -3.47. The van der Waals surface area contributed by atoms with Crippen molar-refractivity contribution in [2.45, 2.75) is 0 Å². The van der Waals surface area contributed by atoms with Crippen molar-refractivity contribution in [2.75, 3.05) is 0 Å². The molecule has 0 spiro atoms. The van der Waals surface area contributed by atoms with E-state index in [0.29, 0.717) is 0 Å². The van der Waals surface area contributed by atoms with E-state index in [1.807, 2.05) is 54.6 Å². The molecule has 0 aliphatic rings. The second kappa shape index (κ2) is 7.40. The van der Waals surface area contributed by atoms with Crippen LogP contribution in [0.2, 0.25) is 0 Å². The van der Waals surface area contributed by atoms with Gasteiger partial charge in [-0.25, -0.2) is 4.39 Å². The molecule has 0 fully saturated rings. The third kappa shape index (κ3) is 3.72. The molecule has 0 radical (unpaired) electrons. The first-order valence-electron chi connectivity index (χ1n) is 7.73. The molecule has 0 aliphatic heterocycles. The van der Waals surface area contributed by atoms with Gasteiger partial charge in [-0.15, -0.1) is 10.2 Å². The lowest BCUT2D eigenvalue weighted by molar-refractivity contribution is 0.625. The number of hydrogen-bond donors (Lipinski definition) is 2. The predicted octanol–water partition coefficient (Wildman–Crippen LogP) is 3.52. The van der Waals surface area contributed by atoms with E-state index in [9.17, 15) is 4.39 Å². The Labute approximate surface area is 145 Å². The molecule has 0 atom stereocenters. The molecule has 0 saturated carbocycles. The number of rotatable bonds is 4. The Kier molecular flexibility index (Phi) is 4.85. The second-order valence-corrected chi connectivity index (χ2v) is 5.36. The first-order chi connectivity index (χ1) is 12.2. The molecule has 0 heterocycles. The van der Waals surface area contributed by atoms with Crippen LogP contribution in [-0.2, 0) is 0 Å². The van der Waals surface area contributed by atoms with E-state index in [1.54, 1.807) is 12.1 Å². The van der Waals surface area contributed by atoms with Crippen molar-refractivity contribution in [3.63, 3.8) is 0 Å². The van der Waals surface area contributed by atoms with Crippen molar-refractivity contribution < 1.29 is 4.39 Å². The van der Waals surface area contributed by atoms with Gasteiger partial charge in [0.15, 0.2) is 11.7 Å². The lowest BCUT2D eigenvalue weighted by Gasteiger charge is -2.08. The molecule has 3 aromatic rings. The average Bonchev–Trinajstić information content (AvgIpc) is 2.67. The van der Waals surface area contributed by atoms with Gasteiger partial charge in [-0.2, -0.15) is 0 Å². The highest BCUT2D eigenvalue weighted by atomic mass is 19.1. The first-order valence-corrected chi connectivity index (χ1v) is 7.73. The normalized spacial score (nSPS) is 12.2. The third-order valence-electron chi connectivity index (χ3n) is 3.70. The van der Waals surface area contributed by atoms with Crippen molar-refractivity contribution in [1.82, 2.24) is 0 Å². The smallest absolute Gasteiger partial charge is 0.156 e. The standard InChI is InChI=1S/C20H17FN4/c21-18-13-7-6-12-17(18)20(23)25-24-19(22)16-11-5-4-10-15(16)14-8-2-1-3-9-14/h1-13H,(H2,22,24)(H2,23,25). The summed E-state index contributed by atoms with van der Waals surface area (Å²) < 4.78 is 13.7. The fourth-order valence-electron chi connectivity index (χ4n) is 2.46. The lowest BCUT2D eigenvalue weighted by Crippen LogP contribution is -2.17. The molecule has 0 unspecified atom stereocenters. The molecule has 3 aromatic carbocycles. The zero-order valence-corrected chi connectivity index (χ0v) is 13.4. The van der Waals surface area contributed by atoms with E-state index in [-0.39, 0.29) is 17.2 Å².